The number of rotatable bonds is 4. The lowest BCUT2D eigenvalue weighted by atomic mass is 10.1. The first kappa shape index (κ1) is 16.3. The minimum Gasteiger partial charge on any atom is -0.484 e. The van der Waals surface area contributed by atoms with E-state index in [2.05, 4.69) is 23.2 Å². The van der Waals surface area contributed by atoms with Gasteiger partial charge in [0.2, 0.25) is 0 Å². The molecule has 2 aliphatic rings. The van der Waals surface area contributed by atoms with Crippen LogP contribution in [-0.2, 0) is 4.79 Å². The van der Waals surface area contributed by atoms with Gasteiger partial charge in [0, 0.05) is 45.3 Å². The van der Waals surface area contributed by atoms with E-state index in [-0.39, 0.29) is 12.5 Å². The average molecular weight is 317 g/mol. The van der Waals surface area contributed by atoms with Crippen LogP contribution < -0.4 is 10.1 Å². The molecule has 0 aromatic heterocycles. The molecular formula is C18H27N3O2. The second-order valence-electron chi connectivity index (χ2n) is 6.63. The summed E-state index contributed by atoms with van der Waals surface area (Å²) in [5.74, 6) is 0.907. The number of aryl methyl sites for hydroxylation is 2. The monoisotopic (exact) mass is 317 g/mol. The minimum atomic E-state index is 0.0996. The molecule has 3 rings (SSSR count). The van der Waals surface area contributed by atoms with Crippen LogP contribution in [-0.4, -0.2) is 67.6 Å². The number of nitrogens with one attached hydrogen (secondary N) is 1. The number of carbonyl (C=O) groups is 1. The fourth-order valence-electron chi connectivity index (χ4n) is 3.51. The number of amides is 1. The normalized spacial score (nSPS) is 22.3. The van der Waals surface area contributed by atoms with E-state index < -0.39 is 0 Å². The molecule has 1 unspecified atom stereocenters. The zero-order valence-corrected chi connectivity index (χ0v) is 14.2. The van der Waals surface area contributed by atoms with Crippen molar-refractivity contribution < 1.29 is 9.53 Å². The summed E-state index contributed by atoms with van der Waals surface area (Å²) in [6, 6.07) is 6.56. The highest BCUT2D eigenvalue weighted by molar-refractivity contribution is 5.78. The standard InChI is InChI=1S/C18H27N3O2/c1-14-3-4-17(15(2)11-14)23-13-18(22)21-8-5-16(12-21)20-9-6-19-7-10-20/h3-4,11,16,19H,5-10,12-13H2,1-2H3. The summed E-state index contributed by atoms with van der Waals surface area (Å²) in [7, 11) is 0. The minimum absolute atomic E-state index is 0.0996. The van der Waals surface area contributed by atoms with Crippen LogP contribution in [0.15, 0.2) is 18.2 Å². The molecule has 2 aliphatic heterocycles. The first-order valence-corrected chi connectivity index (χ1v) is 8.56. The highest BCUT2D eigenvalue weighted by atomic mass is 16.5. The van der Waals surface area contributed by atoms with Gasteiger partial charge in [-0.2, -0.15) is 0 Å². The molecule has 2 fully saturated rings. The van der Waals surface area contributed by atoms with Gasteiger partial charge in [-0.05, 0) is 31.9 Å². The van der Waals surface area contributed by atoms with Crippen LogP contribution in [0.4, 0.5) is 0 Å². The Kier molecular flexibility index (Phi) is 5.18. The summed E-state index contributed by atoms with van der Waals surface area (Å²) in [6.07, 6.45) is 1.08. The molecule has 1 atom stereocenters. The Labute approximate surface area is 138 Å². The summed E-state index contributed by atoms with van der Waals surface area (Å²) in [5.41, 5.74) is 2.29. The van der Waals surface area contributed by atoms with Gasteiger partial charge in [0.05, 0.1) is 0 Å². The Balaban J connectivity index is 1.49. The van der Waals surface area contributed by atoms with Crippen LogP contribution >= 0.6 is 0 Å². The van der Waals surface area contributed by atoms with Crippen molar-refractivity contribution in [3.63, 3.8) is 0 Å². The molecule has 0 aliphatic carbocycles. The van der Waals surface area contributed by atoms with Gasteiger partial charge in [-0.3, -0.25) is 9.69 Å². The van der Waals surface area contributed by atoms with Gasteiger partial charge < -0.3 is 15.0 Å². The molecule has 126 valence electrons. The van der Waals surface area contributed by atoms with Gasteiger partial charge in [-0.1, -0.05) is 17.7 Å². The van der Waals surface area contributed by atoms with Crippen molar-refractivity contribution in [3.05, 3.63) is 29.3 Å². The summed E-state index contributed by atoms with van der Waals surface area (Å²) in [4.78, 5) is 16.9. The number of carbonyl (C=O) groups excluding carboxylic acids is 1. The van der Waals surface area contributed by atoms with Gasteiger partial charge in [0.15, 0.2) is 6.61 Å². The van der Waals surface area contributed by atoms with Crippen molar-refractivity contribution in [2.24, 2.45) is 0 Å². The van der Waals surface area contributed by atoms with Crippen LogP contribution in [0.5, 0.6) is 5.75 Å². The Hall–Kier alpha value is -1.59. The van der Waals surface area contributed by atoms with Crippen molar-refractivity contribution in [2.75, 3.05) is 45.9 Å². The molecule has 0 spiro atoms. The highest BCUT2D eigenvalue weighted by Gasteiger charge is 2.30. The number of ether oxygens (including phenoxy) is 1. The molecule has 2 heterocycles. The molecule has 1 N–H and O–H groups in total. The number of piperazine rings is 1. The predicted octanol–water partition coefficient (Wildman–Crippen LogP) is 1.19. The number of hydrogen-bond acceptors (Lipinski definition) is 4. The summed E-state index contributed by atoms with van der Waals surface area (Å²) < 4.78 is 5.73. The second kappa shape index (κ2) is 7.32. The average Bonchev–Trinajstić information content (AvgIpc) is 3.05. The Morgan fingerprint density at radius 1 is 1.26 bits per heavy atom. The van der Waals surface area contributed by atoms with Crippen LogP contribution in [0.1, 0.15) is 17.5 Å². The van der Waals surface area contributed by atoms with Gasteiger partial charge in [0.25, 0.3) is 5.91 Å². The van der Waals surface area contributed by atoms with Gasteiger partial charge >= 0.3 is 0 Å². The lowest BCUT2D eigenvalue weighted by molar-refractivity contribution is -0.132. The summed E-state index contributed by atoms with van der Waals surface area (Å²) >= 11 is 0. The molecule has 5 heteroatoms. The smallest absolute Gasteiger partial charge is 0.260 e. The third kappa shape index (κ3) is 4.03. The van der Waals surface area contributed by atoms with Crippen molar-refractivity contribution in [3.8, 4) is 5.75 Å². The number of hydrogen-bond donors (Lipinski definition) is 1. The van der Waals surface area contributed by atoms with Gasteiger partial charge in [0.1, 0.15) is 5.75 Å². The maximum Gasteiger partial charge on any atom is 0.260 e. The number of benzene rings is 1. The Bertz CT molecular complexity index is 555. The largest absolute Gasteiger partial charge is 0.484 e. The third-order valence-corrected chi connectivity index (χ3v) is 4.87. The summed E-state index contributed by atoms with van der Waals surface area (Å²) in [5, 5.41) is 3.38. The quantitative estimate of drug-likeness (QED) is 0.906. The van der Waals surface area contributed by atoms with E-state index in [0.717, 1.165) is 57.0 Å². The van der Waals surface area contributed by atoms with E-state index >= 15 is 0 Å². The molecule has 2 saturated heterocycles. The van der Waals surface area contributed by atoms with E-state index in [1.165, 1.54) is 5.56 Å². The Morgan fingerprint density at radius 3 is 2.78 bits per heavy atom. The maximum atomic E-state index is 12.4. The third-order valence-electron chi connectivity index (χ3n) is 4.87. The maximum absolute atomic E-state index is 12.4. The lowest BCUT2D eigenvalue weighted by Gasteiger charge is -2.32. The van der Waals surface area contributed by atoms with Crippen molar-refractivity contribution in [2.45, 2.75) is 26.3 Å². The van der Waals surface area contributed by atoms with Crippen LogP contribution in [0.3, 0.4) is 0 Å². The second-order valence-corrected chi connectivity index (χ2v) is 6.63. The van der Waals surface area contributed by atoms with E-state index in [0.29, 0.717) is 6.04 Å². The number of likely N-dealkylation sites (tertiary alicyclic amines) is 1. The van der Waals surface area contributed by atoms with E-state index in [1.54, 1.807) is 0 Å². The predicted molar refractivity (Wildman–Crippen MR) is 90.8 cm³/mol. The molecule has 23 heavy (non-hydrogen) atoms. The molecule has 0 bridgehead atoms. The van der Waals surface area contributed by atoms with Gasteiger partial charge in [-0.25, -0.2) is 0 Å². The number of nitrogens with zero attached hydrogens (tertiary/aromatic N) is 2. The van der Waals surface area contributed by atoms with Crippen LogP contribution in [0.2, 0.25) is 0 Å². The zero-order valence-electron chi connectivity index (χ0n) is 14.2. The Morgan fingerprint density at radius 2 is 2.04 bits per heavy atom. The van der Waals surface area contributed by atoms with Crippen LogP contribution in [0.25, 0.3) is 0 Å². The molecule has 5 nitrogen and oxygen atoms in total. The first-order chi connectivity index (χ1) is 11.1. The first-order valence-electron chi connectivity index (χ1n) is 8.56. The fourth-order valence-corrected chi connectivity index (χ4v) is 3.51. The molecule has 0 radical (unpaired) electrons. The SMILES string of the molecule is Cc1ccc(OCC(=O)N2CCC(N3CCNCC3)C2)c(C)c1. The van der Waals surface area contributed by atoms with E-state index in [9.17, 15) is 4.79 Å². The summed E-state index contributed by atoms with van der Waals surface area (Å²) in [6.45, 7) is 10.2. The van der Waals surface area contributed by atoms with Crippen molar-refractivity contribution in [1.29, 1.82) is 0 Å². The lowest BCUT2D eigenvalue weighted by Crippen LogP contribution is -2.49. The molecular weight excluding hydrogens is 290 g/mol. The highest BCUT2D eigenvalue weighted by Crippen LogP contribution is 2.20. The van der Waals surface area contributed by atoms with Gasteiger partial charge in [-0.15, -0.1) is 0 Å². The van der Waals surface area contributed by atoms with Crippen LogP contribution in [0, 0.1) is 13.8 Å². The molecule has 0 saturated carbocycles. The van der Waals surface area contributed by atoms with E-state index in [4.69, 9.17) is 4.74 Å². The van der Waals surface area contributed by atoms with E-state index in [1.807, 2.05) is 24.0 Å². The topological polar surface area (TPSA) is 44.8 Å². The molecule has 1 aromatic carbocycles. The fraction of sp³-hybridized carbons (Fsp3) is 0.611. The van der Waals surface area contributed by atoms with Crippen molar-refractivity contribution in [1.82, 2.24) is 15.1 Å². The molecule has 1 amide bonds. The molecule has 1 aromatic rings. The van der Waals surface area contributed by atoms with Crippen molar-refractivity contribution >= 4 is 5.91 Å². The zero-order chi connectivity index (χ0) is 16.2.